The molecule has 5 heteroatoms. The molecule has 106 valence electrons. The van der Waals surface area contributed by atoms with E-state index in [2.05, 4.69) is 5.32 Å². The molecule has 1 unspecified atom stereocenters. The van der Waals surface area contributed by atoms with Crippen LogP contribution in [0.2, 0.25) is 0 Å². The number of carbonyl (C=O) groups is 1. The number of nitrogens with one attached hydrogen (secondary N) is 1. The van der Waals surface area contributed by atoms with Crippen molar-refractivity contribution in [1.82, 2.24) is 5.32 Å². The van der Waals surface area contributed by atoms with Crippen LogP contribution in [0.1, 0.15) is 32.8 Å². The largest absolute Gasteiger partial charge is 0.481 e. The first-order valence-electron chi connectivity index (χ1n) is 6.41. The summed E-state index contributed by atoms with van der Waals surface area (Å²) in [7, 11) is 0. The fourth-order valence-corrected chi connectivity index (χ4v) is 1.62. The lowest BCUT2D eigenvalue weighted by Crippen LogP contribution is -2.33. The Morgan fingerprint density at radius 1 is 1.42 bits per heavy atom. The summed E-state index contributed by atoms with van der Waals surface area (Å²) in [4.78, 5) is 11.1. The molecular weight excluding hydrogens is 247 g/mol. The molecule has 0 saturated carbocycles. The van der Waals surface area contributed by atoms with Crippen molar-refractivity contribution in [2.75, 3.05) is 0 Å². The second kappa shape index (κ2) is 7.09. The average molecular weight is 268 g/mol. The molecule has 1 aromatic carbocycles. The van der Waals surface area contributed by atoms with Crippen molar-refractivity contribution in [3.8, 4) is 5.75 Å². The van der Waals surface area contributed by atoms with Crippen molar-refractivity contribution in [3.05, 3.63) is 29.6 Å². The fourth-order valence-electron chi connectivity index (χ4n) is 1.62. The Morgan fingerprint density at radius 3 is 2.63 bits per heavy atom. The Labute approximate surface area is 113 Å². The molecule has 0 radical (unpaired) electrons. The number of amides is 1. The number of benzene rings is 1. The predicted molar refractivity (Wildman–Crippen MR) is 72.3 cm³/mol. The van der Waals surface area contributed by atoms with Gasteiger partial charge in [-0.15, -0.1) is 0 Å². The summed E-state index contributed by atoms with van der Waals surface area (Å²) < 4.78 is 18.9. The summed E-state index contributed by atoms with van der Waals surface area (Å²) in [5.74, 6) is -0.614. The van der Waals surface area contributed by atoms with Crippen LogP contribution in [-0.4, -0.2) is 18.1 Å². The molecule has 0 aliphatic rings. The third-order valence-electron chi connectivity index (χ3n) is 2.61. The average Bonchev–Trinajstić information content (AvgIpc) is 2.32. The lowest BCUT2D eigenvalue weighted by Gasteiger charge is -2.15. The molecule has 19 heavy (non-hydrogen) atoms. The highest BCUT2D eigenvalue weighted by atomic mass is 19.1. The van der Waals surface area contributed by atoms with Gasteiger partial charge >= 0.3 is 0 Å². The Morgan fingerprint density at radius 2 is 2.11 bits per heavy atom. The number of halogens is 1. The third-order valence-corrected chi connectivity index (χ3v) is 2.61. The maximum Gasteiger partial charge on any atom is 0.258 e. The zero-order valence-electron chi connectivity index (χ0n) is 11.6. The van der Waals surface area contributed by atoms with Crippen LogP contribution in [0.5, 0.6) is 5.75 Å². The van der Waals surface area contributed by atoms with Gasteiger partial charge in [-0.1, -0.05) is 20.8 Å². The van der Waals surface area contributed by atoms with E-state index in [1.54, 1.807) is 13.0 Å². The van der Waals surface area contributed by atoms with E-state index in [9.17, 15) is 9.18 Å². The molecule has 3 N–H and O–H groups in total. The lowest BCUT2D eigenvalue weighted by atomic mass is 10.2. The number of rotatable bonds is 7. The van der Waals surface area contributed by atoms with E-state index in [0.29, 0.717) is 24.8 Å². The van der Waals surface area contributed by atoms with Crippen LogP contribution < -0.4 is 15.8 Å². The highest BCUT2D eigenvalue weighted by molar-refractivity contribution is 5.79. The van der Waals surface area contributed by atoms with E-state index < -0.39 is 17.8 Å². The standard InChI is InChI=1S/C14H21FN2O2/c1-4-13(14(16)18)19-12-6-10(5-11(15)7-12)8-17-9(2)3/h5-7,9,13,17H,4,8H2,1-3H3,(H2,16,18). The number of primary amides is 1. The van der Waals surface area contributed by atoms with Crippen LogP contribution in [0.15, 0.2) is 18.2 Å². The number of nitrogens with two attached hydrogens (primary N) is 1. The summed E-state index contributed by atoms with van der Waals surface area (Å²) in [6, 6.07) is 4.71. The number of hydrogen-bond acceptors (Lipinski definition) is 3. The topological polar surface area (TPSA) is 64.3 Å². The molecule has 1 amide bonds. The van der Waals surface area contributed by atoms with Crippen molar-refractivity contribution < 1.29 is 13.9 Å². The van der Waals surface area contributed by atoms with Gasteiger partial charge in [0, 0.05) is 18.7 Å². The summed E-state index contributed by atoms with van der Waals surface area (Å²) >= 11 is 0. The minimum absolute atomic E-state index is 0.307. The Balaban J connectivity index is 2.80. The van der Waals surface area contributed by atoms with Crippen molar-refractivity contribution in [2.24, 2.45) is 5.73 Å². The summed E-state index contributed by atoms with van der Waals surface area (Å²) in [5.41, 5.74) is 5.97. The molecule has 0 aliphatic heterocycles. The normalized spacial score (nSPS) is 12.5. The molecule has 0 saturated heterocycles. The molecule has 1 aromatic rings. The van der Waals surface area contributed by atoms with Gasteiger partial charge in [-0.2, -0.15) is 0 Å². The monoisotopic (exact) mass is 268 g/mol. The molecule has 1 rings (SSSR count). The second-order valence-corrected chi connectivity index (χ2v) is 4.75. The summed E-state index contributed by atoms with van der Waals surface area (Å²) in [6.45, 7) is 6.35. The van der Waals surface area contributed by atoms with E-state index in [1.807, 2.05) is 13.8 Å². The van der Waals surface area contributed by atoms with Gasteiger partial charge in [0.2, 0.25) is 0 Å². The van der Waals surface area contributed by atoms with Crippen LogP contribution in [0.3, 0.4) is 0 Å². The molecule has 4 nitrogen and oxygen atoms in total. The van der Waals surface area contributed by atoms with Crippen molar-refractivity contribution in [2.45, 2.75) is 45.9 Å². The van der Waals surface area contributed by atoms with Gasteiger partial charge in [0.05, 0.1) is 0 Å². The van der Waals surface area contributed by atoms with Crippen molar-refractivity contribution >= 4 is 5.91 Å². The highest BCUT2D eigenvalue weighted by Gasteiger charge is 2.15. The summed E-state index contributed by atoms with van der Waals surface area (Å²) in [5, 5.41) is 3.19. The van der Waals surface area contributed by atoms with Gasteiger partial charge in [-0.05, 0) is 24.1 Å². The number of ether oxygens (including phenoxy) is 1. The van der Waals surface area contributed by atoms with Crippen LogP contribution in [0.4, 0.5) is 4.39 Å². The Kier molecular flexibility index (Phi) is 5.76. The van der Waals surface area contributed by atoms with E-state index in [4.69, 9.17) is 10.5 Å². The molecule has 1 atom stereocenters. The smallest absolute Gasteiger partial charge is 0.258 e. The first-order valence-corrected chi connectivity index (χ1v) is 6.41. The molecule has 0 bridgehead atoms. The minimum atomic E-state index is -0.729. The third kappa shape index (κ3) is 5.26. The van der Waals surface area contributed by atoms with Crippen molar-refractivity contribution in [1.29, 1.82) is 0 Å². The highest BCUT2D eigenvalue weighted by Crippen LogP contribution is 2.18. The minimum Gasteiger partial charge on any atom is -0.481 e. The molecule has 0 aliphatic carbocycles. The van der Waals surface area contributed by atoms with Crippen LogP contribution in [-0.2, 0) is 11.3 Å². The van der Waals surface area contributed by atoms with Gasteiger partial charge in [0.25, 0.3) is 5.91 Å². The maximum atomic E-state index is 13.5. The first kappa shape index (κ1) is 15.4. The summed E-state index contributed by atoms with van der Waals surface area (Å²) in [6.07, 6.45) is -0.279. The van der Waals surface area contributed by atoms with Crippen molar-refractivity contribution in [3.63, 3.8) is 0 Å². The maximum absolute atomic E-state index is 13.5. The number of hydrogen-bond donors (Lipinski definition) is 2. The van der Waals surface area contributed by atoms with Crippen LogP contribution >= 0.6 is 0 Å². The lowest BCUT2D eigenvalue weighted by molar-refractivity contribution is -0.124. The molecule has 0 spiro atoms. The Hall–Kier alpha value is -1.62. The SMILES string of the molecule is CCC(Oc1cc(F)cc(CNC(C)C)c1)C(N)=O. The quantitative estimate of drug-likeness (QED) is 0.794. The fraction of sp³-hybridized carbons (Fsp3) is 0.500. The van der Waals surface area contributed by atoms with Crippen LogP contribution in [0.25, 0.3) is 0 Å². The van der Waals surface area contributed by atoms with Gasteiger partial charge < -0.3 is 15.8 Å². The van der Waals surface area contributed by atoms with E-state index in [0.717, 1.165) is 5.56 Å². The molecule has 0 aromatic heterocycles. The predicted octanol–water partition coefficient (Wildman–Crippen LogP) is 1.97. The van der Waals surface area contributed by atoms with Gasteiger partial charge in [0.15, 0.2) is 6.10 Å². The first-order chi connectivity index (χ1) is 8.92. The van der Waals surface area contributed by atoms with E-state index >= 15 is 0 Å². The van der Waals surface area contributed by atoms with Gasteiger partial charge in [-0.3, -0.25) is 4.79 Å². The number of carbonyl (C=O) groups excluding carboxylic acids is 1. The van der Waals surface area contributed by atoms with Gasteiger partial charge in [-0.25, -0.2) is 4.39 Å². The Bertz CT molecular complexity index is 435. The van der Waals surface area contributed by atoms with E-state index in [-0.39, 0.29) is 0 Å². The molecular formula is C14H21FN2O2. The van der Waals surface area contributed by atoms with E-state index in [1.165, 1.54) is 12.1 Å². The second-order valence-electron chi connectivity index (χ2n) is 4.75. The van der Waals surface area contributed by atoms with Gasteiger partial charge in [0.1, 0.15) is 11.6 Å². The van der Waals surface area contributed by atoms with Crippen LogP contribution in [0, 0.1) is 5.82 Å². The zero-order valence-corrected chi connectivity index (χ0v) is 11.6. The molecule has 0 heterocycles. The zero-order chi connectivity index (χ0) is 14.4. The molecule has 0 fully saturated rings.